The van der Waals surface area contributed by atoms with Crippen LogP contribution in [0.4, 0.5) is 0 Å². The molecule has 7 aliphatic heterocycles. The summed E-state index contributed by atoms with van der Waals surface area (Å²) in [5, 5.41) is 104. The van der Waals surface area contributed by atoms with E-state index in [0.29, 0.717) is 84.6 Å². The molecule has 40 heteroatoms. The van der Waals surface area contributed by atoms with Gasteiger partial charge in [-0.25, -0.2) is 0 Å². The summed E-state index contributed by atoms with van der Waals surface area (Å²) in [5.74, 6) is -3.68. The van der Waals surface area contributed by atoms with Crippen LogP contribution in [0.25, 0.3) is 0 Å². The number of aliphatic carboxylic acids is 3. The van der Waals surface area contributed by atoms with Gasteiger partial charge in [0.15, 0.2) is 11.6 Å². The van der Waals surface area contributed by atoms with E-state index in [4.69, 9.17) is 15.2 Å². The largest absolute Gasteiger partial charge is 1.00 e. The van der Waals surface area contributed by atoms with Crippen LogP contribution in [0, 0.1) is 41.4 Å². The van der Waals surface area contributed by atoms with E-state index in [1.54, 1.807) is 83.0 Å². The normalized spacial score (nSPS) is 23.9. The van der Waals surface area contributed by atoms with Gasteiger partial charge in [0.1, 0.15) is 59.4 Å². The lowest BCUT2D eigenvalue weighted by Gasteiger charge is -2.23. The third kappa shape index (κ3) is 34.4. The van der Waals surface area contributed by atoms with E-state index in [-0.39, 0.29) is 139 Å². The maximum Gasteiger partial charge on any atom is 0.377 e. The fourth-order valence-corrected chi connectivity index (χ4v) is 15.7. The Labute approximate surface area is 725 Å². The Kier molecular flexibility index (Phi) is 48.5. The Balaban J connectivity index is 0.000000474. The van der Waals surface area contributed by atoms with Crippen LogP contribution in [0.1, 0.15) is 109 Å². The highest BCUT2D eigenvalue weighted by molar-refractivity contribution is 6.47. The van der Waals surface area contributed by atoms with Gasteiger partial charge < -0.3 is 148 Å². The molecule has 0 aliphatic carbocycles. The van der Waals surface area contributed by atoms with Crippen molar-refractivity contribution in [2.45, 2.75) is 158 Å². The minimum absolute atomic E-state index is 0. The Morgan fingerprint density at radius 2 is 0.748 bits per heavy atom. The van der Waals surface area contributed by atoms with Crippen LogP contribution in [0.5, 0.6) is 0 Å². The summed E-state index contributed by atoms with van der Waals surface area (Å²) in [6, 6.07) is 41.7. The van der Waals surface area contributed by atoms with Gasteiger partial charge >= 0.3 is 67.3 Å². The van der Waals surface area contributed by atoms with Gasteiger partial charge in [-0.1, -0.05) is 128 Å². The molecule has 4 aromatic rings. The zero-order valence-corrected chi connectivity index (χ0v) is 74.3. The number of Topliss-reactive ketones (excluding diaryl/α,β-unsaturated/α-hetero) is 5. The third-order valence-corrected chi connectivity index (χ3v) is 23.3. The van der Waals surface area contributed by atoms with Gasteiger partial charge in [-0.3, -0.25) is 38.4 Å². The van der Waals surface area contributed by atoms with E-state index in [0.717, 1.165) is 17.8 Å². The SMILES string of the molecule is CB(O)N1CC(=O)C(C(C)=O)C1.CB(O)N1CC(N[C@H](C)c2ccccc2)=C(C(C)=O)C1.CB(O)N1CC(N[C@H](C)c2ccccc2)C(C(C)=O)C1.CB(O)N1CC([NH2+][C@H](C)c2ccccc2)[C@H](C(=O)O)C1.CB(O)N1CC([NH2+][C@H](C)c2ccccc2)[C@H](C(C)=O)C1.CB(O)N1CC([NH3+])[C@H](C(=O)O)C1.CB(O)N1C[C@@H](C)[C@H](C(=O)O)C1.[Cl-].[Cl-].[Cl-]. The number of benzene rings is 4. The zero-order chi connectivity index (χ0) is 86.7. The van der Waals surface area contributed by atoms with Crippen LogP contribution in [-0.2, 0) is 38.4 Å². The number of quaternary nitrogens is 3. The highest BCUT2D eigenvalue weighted by Crippen LogP contribution is 2.27. The molecule has 11 rings (SSSR count). The lowest BCUT2D eigenvalue weighted by atomic mass is 9.85. The monoisotopic (exact) mass is 1720 g/mol. The molecule has 7 aliphatic rings. The molecule has 6 fully saturated rings. The molecule has 6 saturated heterocycles. The first-order valence-electron chi connectivity index (χ1n) is 40.7. The van der Waals surface area contributed by atoms with Crippen LogP contribution in [0.15, 0.2) is 133 Å². The fraction of sp³-hybridized carbons (Fsp3) is 0.570. The molecule has 656 valence electrons. The first-order chi connectivity index (χ1) is 54.5. The quantitative estimate of drug-likeness (QED) is 0.0205. The van der Waals surface area contributed by atoms with E-state index in [1.807, 2.05) is 99.0 Å². The number of carbonyl (C=O) groups excluding carboxylic acids is 5. The number of rotatable bonds is 26. The summed E-state index contributed by atoms with van der Waals surface area (Å²) in [6.45, 7) is 36.0. The third-order valence-electron chi connectivity index (χ3n) is 23.3. The van der Waals surface area contributed by atoms with Gasteiger partial charge in [0.2, 0.25) is 0 Å². The van der Waals surface area contributed by atoms with Crippen molar-refractivity contribution in [3.63, 3.8) is 0 Å². The Hall–Kier alpha value is -6.22. The van der Waals surface area contributed by atoms with Crippen molar-refractivity contribution in [2.75, 3.05) is 91.6 Å². The Morgan fingerprint density at radius 3 is 1.08 bits per heavy atom. The first kappa shape index (κ1) is 109. The van der Waals surface area contributed by atoms with Crippen LogP contribution in [-0.4, -0.2) is 296 Å². The van der Waals surface area contributed by atoms with Gasteiger partial charge in [0.05, 0.1) is 17.8 Å². The number of carboxylic acids is 3. The van der Waals surface area contributed by atoms with E-state index in [2.05, 4.69) is 103 Å². The molecule has 119 heavy (non-hydrogen) atoms. The van der Waals surface area contributed by atoms with Gasteiger partial charge in [0, 0.05) is 132 Å². The number of ketones is 5. The average Bonchev–Trinajstić information content (AvgIpc) is 1.69. The van der Waals surface area contributed by atoms with Crippen LogP contribution in [0.3, 0.4) is 0 Å². The van der Waals surface area contributed by atoms with Gasteiger partial charge in [-0.05, 0) is 127 Å². The zero-order valence-electron chi connectivity index (χ0n) is 72.0. The molecule has 0 bridgehead atoms. The maximum atomic E-state index is 11.8. The number of nitrogens with zero attached hydrogens (tertiary/aromatic N) is 7. The van der Waals surface area contributed by atoms with E-state index < -0.39 is 85.0 Å². The summed E-state index contributed by atoms with van der Waals surface area (Å²) in [5.41, 5.74) is 10.3. The second kappa shape index (κ2) is 53.1. The van der Waals surface area contributed by atoms with Crippen molar-refractivity contribution < 1.29 is 142 Å². The highest BCUT2D eigenvalue weighted by Gasteiger charge is 2.46. The van der Waals surface area contributed by atoms with Crippen LogP contribution < -0.4 is 64.2 Å². The number of halogens is 3. The number of hydrogen-bond acceptors (Lipinski definition) is 24. The van der Waals surface area contributed by atoms with Crippen molar-refractivity contribution in [1.82, 2.24) is 44.3 Å². The number of hydrogen-bond donors (Lipinski definition) is 15. The molecule has 7 heterocycles. The molecule has 0 saturated carbocycles. The lowest BCUT2D eigenvalue weighted by molar-refractivity contribution is -0.725. The molecule has 30 nitrogen and oxygen atoms in total. The van der Waals surface area contributed by atoms with Crippen LogP contribution in [0.2, 0.25) is 47.8 Å². The topological polar surface area (TPSA) is 446 Å². The predicted molar refractivity (Wildman–Crippen MR) is 453 cm³/mol. The van der Waals surface area contributed by atoms with Crippen molar-refractivity contribution in [3.8, 4) is 0 Å². The molecule has 19 N–H and O–H groups in total. The number of nitrogens with one attached hydrogen (secondary N) is 2. The summed E-state index contributed by atoms with van der Waals surface area (Å²) in [4.78, 5) is 103. The van der Waals surface area contributed by atoms with Gasteiger partial charge in [0.25, 0.3) is 0 Å². The smallest absolute Gasteiger partial charge is 0.377 e. The molecular weight excluding hydrogens is 1590 g/mol. The van der Waals surface area contributed by atoms with Crippen molar-refractivity contribution in [1.29, 1.82) is 0 Å². The second-order valence-electron chi connectivity index (χ2n) is 32.5. The number of carboxylic acid groups (broad SMARTS) is 3. The van der Waals surface area contributed by atoms with Crippen LogP contribution >= 0.6 is 0 Å². The minimum atomic E-state index is -0.821. The lowest BCUT2D eigenvalue weighted by Crippen LogP contribution is -3.00. The van der Waals surface area contributed by atoms with E-state index >= 15 is 0 Å². The predicted octanol–water partition coefficient (Wildman–Crippen LogP) is -9.27. The van der Waals surface area contributed by atoms with Crippen molar-refractivity contribution in [2.24, 2.45) is 41.4 Å². The molecule has 0 spiro atoms. The fourth-order valence-electron chi connectivity index (χ4n) is 15.7. The first-order valence-corrected chi connectivity index (χ1v) is 40.7. The van der Waals surface area contributed by atoms with Gasteiger partial charge in [-0.15, -0.1) is 0 Å². The summed E-state index contributed by atoms with van der Waals surface area (Å²) < 4.78 is 0. The summed E-state index contributed by atoms with van der Waals surface area (Å²) in [6.07, 6.45) is 0. The molecular formula is C79H130B7Cl3N12O18. The highest BCUT2D eigenvalue weighted by atomic mass is 35.5. The van der Waals surface area contributed by atoms with Gasteiger partial charge in [-0.2, -0.15) is 0 Å². The standard InChI is InChI=1S/2C15H23BN2O2.C15H21BN2O2.C14H21BN2O3.C7H12BNO3.C7H14BNO3.C6H13BN2O3.3ClH/c3*1-11(13-7-5-4-6-8-13)17-15-10-18(16(3)20)9-14(15)12(2)19;1-10(11-6-4-3-5-7-11)16-13-9-17(15(2)20)8-12(13)14(18)19;1-5(10)6-3-9(8(2)12)4-7(6)11;1-5-3-9(8(2)12)4-6(5)7(10)11;1-7(12)9-2-4(6(10)11)5(8)3-9;;;/h2*4-8,11,14-15,17,20H,9-10H2,1-3H3;4-8,11,17,20H,9-10H2,1-3H3;3-7,10,12-13,16,20H,8-9H2,1-2H3,(H,18,19);6,12H,3-4H2,1-2H3;5-6,12H,3-4H2,1-2H3,(H,10,11);4-5,12H,2-3,8H2,1H3,(H,10,11);3*1H/t11-,14?,15?;11-,14+,15?;11-;10-,12-,13?;;5-,6-;4-,5?;;;/m1111.11.../s1. The Bertz CT molecular complexity index is 3540. The van der Waals surface area contributed by atoms with Crippen molar-refractivity contribution >= 4 is 96.2 Å². The van der Waals surface area contributed by atoms with Crippen molar-refractivity contribution in [3.05, 3.63) is 155 Å². The molecule has 15 atom stereocenters. The maximum absolute atomic E-state index is 11.8. The number of carbonyl (C=O) groups is 8. The summed E-state index contributed by atoms with van der Waals surface area (Å²) in [7, 11) is -3.87. The molecule has 0 amide bonds. The molecule has 0 radical (unpaired) electrons. The Morgan fingerprint density at radius 1 is 0.403 bits per heavy atom. The number of nitrogens with two attached hydrogens (primary N) is 2. The minimum Gasteiger partial charge on any atom is -1.00 e. The molecule has 4 aromatic carbocycles. The molecule has 0 aromatic heterocycles. The van der Waals surface area contributed by atoms with E-state index in [9.17, 15) is 73.6 Å². The summed E-state index contributed by atoms with van der Waals surface area (Å²) >= 11 is 0. The average molecular weight is 1720 g/mol. The van der Waals surface area contributed by atoms with E-state index in [1.165, 1.54) is 29.2 Å². The second-order valence-corrected chi connectivity index (χ2v) is 32.5. The molecule has 6 unspecified atom stereocenters.